The van der Waals surface area contributed by atoms with Gasteiger partial charge in [0.05, 0.1) is 10.2 Å². The third kappa shape index (κ3) is 4.13. The number of thioether (sulfide) groups is 1. The number of amides is 1. The molecule has 3 aromatic carbocycles. The van der Waals surface area contributed by atoms with Crippen molar-refractivity contribution in [3.05, 3.63) is 78.4 Å². The zero-order valence-electron chi connectivity index (χ0n) is 14.5. The number of hydrogen-bond donors (Lipinski definition) is 1. The summed E-state index contributed by atoms with van der Waals surface area (Å²) in [6, 6.07) is 22.7. The van der Waals surface area contributed by atoms with Crippen molar-refractivity contribution >= 4 is 44.4 Å². The van der Waals surface area contributed by atoms with Gasteiger partial charge in [-0.3, -0.25) is 10.1 Å². The molecule has 0 saturated heterocycles. The molecule has 0 aliphatic rings. The van der Waals surface area contributed by atoms with E-state index in [9.17, 15) is 4.79 Å². The Bertz CT molecular complexity index is 1090. The van der Waals surface area contributed by atoms with Gasteiger partial charge in [0.2, 0.25) is 0 Å². The molecule has 1 amide bonds. The predicted molar refractivity (Wildman–Crippen MR) is 112 cm³/mol. The highest BCUT2D eigenvalue weighted by atomic mass is 32.2. The van der Waals surface area contributed by atoms with Crippen molar-refractivity contribution < 1.29 is 9.53 Å². The number of carbonyl (C=O) groups is 1. The van der Waals surface area contributed by atoms with Gasteiger partial charge in [0, 0.05) is 10.5 Å². The monoisotopic (exact) mass is 392 g/mol. The molecule has 1 N–H and O–H groups in total. The number of aromatic nitrogens is 1. The smallest absolute Gasteiger partial charge is 0.257 e. The first-order valence-corrected chi connectivity index (χ1v) is 10.3. The van der Waals surface area contributed by atoms with E-state index in [-0.39, 0.29) is 5.91 Å². The van der Waals surface area contributed by atoms with Gasteiger partial charge in [-0.15, -0.1) is 11.8 Å². The van der Waals surface area contributed by atoms with Crippen LogP contribution in [-0.4, -0.2) is 17.1 Å². The summed E-state index contributed by atoms with van der Waals surface area (Å²) in [7, 11) is 0. The van der Waals surface area contributed by atoms with Crippen LogP contribution < -0.4 is 10.1 Å². The fourth-order valence-electron chi connectivity index (χ4n) is 2.58. The van der Waals surface area contributed by atoms with E-state index < -0.39 is 0 Å². The molecule has 0 fully saturated rings. The van der Waals surface area contributed by atoms with E-state index in [0.29, 0.717) is 16.4 Å². The van der Waals surface area contributed by atoms with Gasteiger partial charge in [0.15, 0.2) is 5.13 Å². The van der Waals surface area contributed by atoms with Gasteiger partial charge in [-0.2, -0.15) is 0 Å². The number of carbonyl (C=O) groups excluding carboxylic acids is 1. The number of fused-ring (bicyclic) bond motifs is 1. The Morgan fingerprint density at radius 2 is 1.81 bits per heavy atom. The lowest BCUT2D eigenvalue weighted by molar-refractivity contribution is 0.102. The Kier molecular flexibility index (Phi) is 5.09. The molecular weight excluding hydrogens is 376 g/mol. The zero-order chi connectivity index (χ0) is 18.6. The van der Waals surface area contributed by atoms with Crippen molar-refractivity contribution in [1.82, 2.24) is 4.98 Å². The molecule has 4 rings (SSSR count). The van der Waals surface area contributed by atoms with Crippen LogP contribution in [0.2, 0.25) is 0 Å². The van der Waals surface area contributed by atoms with E-state index in [2.05, 4.69) is 16.4 Å². The zero-order valence-corrected chi connectivity index (χ0v) is 16.1. The predicted octanol–water partition coefficient (Wildman–Crippen LogP) is 6.06. The molecule has 0 aliphatic heterocycles. The van der Waals surface area contributed by atoms with Crippen LogP contribution in [0.25, 0.3) is 10.2 Å². The fraction of sp³-hybridized carbons (Fsp3) is 0.0476. The minimum absolute atomic E-state index is 0.211. The van der Waals surface area contributed by atoms with Crippen LogP contribution in [0.5, 0.6) is 11.5 Å². The van der Waals surface area contributed by atoms with Crippen LogP contribution in [0.15, 0.2) is 77.7 Å². The third-order valence-electron chi connectivity index (χ3n) is 3.89. The maximum Gasteiger partial charge on any atom is 0.257 e. The van der Waals surface area contributed by atoms with Gasteiger partial charge in [0.25, 0.3) is 5.91 Å². The van der Waals surface area contributed by atoms with Gasteiger partial charge in [-0.1, -0.05) is 35.6 Å². The Morgan fingerprint density at radius 3 is 2.63 bits per heavy atom. The summed E-state index contributed by atoms with van der Waals surface area (Å²) in [5.41, 5.74) is 1.40. The number of thiazole rings is 1. The van der Waals surface area contributed by atoms with Crippen LogP contribution in [-0.2, 0) is 0 Å². The normalized spacial score (nSPS) is 10.7. The molecular formula is C21H16N2O2S2. The molecule has 6 heteroatoms. The first-order valence-electron chi connectivity index (χ1n) is 8.30. The molecule has 0 aliphatic carbocycles. The molecule has 1 aromatic heterocycles. The molecule has 0 unspecified atom stereocenters. The van der Waals surface area contributed by atoms with E-state index >= 15 is 0 Å². The molecule has 0 saturated carbocycles. The minimum atomic E-state index is -0.211. The van der Waals surface area contributed by atoms with Crippen LogP contribution in [0.3, 0.4) is 0 Å². The fourth-order valence-corrected chi connectivity index (χ4v) is 3.99. The van der Waals surface area contributed by atoms with E-state index in [1.807, 2.05) is 54.8 Å². The summed E-state index contributed by atoms with van der Waals surface area (Å²) in [5, 5.41) is 3.47. The molecule has 4 aromatic rings. The molecule has 0 radical (unpaired) electrons. The SMILES string of the molecule is CSc1ccc2nc(NC(=O)c3cccc(Oc4ccccc4)c3)sc2c1. The number of nitrogens with one attached hydrogen (secondary N) is 1. The van der Waals surface area contributed by atoms with E-state index in [1.165, 1.54) is 16.2 Å². The van der Waals surface area contributed by atoms with Crippen molar-refractivity contribution in [2.24, 2.45) is 0 Å². The summed E-state index contributed by atoms with van der Waals surface area (Å²) >= 11 is 3.15. The maximum absolute atomic E-state index is 12.6. The largest absolute Gasteiger partial charge is 0.457 e. The number of rotatable bonds is 5. The summed E-state index contributed by atoms with van der Waals surface area (Å²) in [6.07, 6.45) is 2.04. The van der Waals surface area contributed by atoms with Crippen molar-refractivity contribution in [3.8, 4) is 11.5 Å². The van der Waals surface area contributed by atoms with Gasteiger partial charge >= 0.3 is 0 Å². The highest BCUT2D eigenvalue weighted by molar-refractivity contribution is 7.98. The van der Waals surface area contributed by atoms with Crippen molar-refractivity contribution in [3.63, 3.8) is 0 Å². The second-order valence-electron chi connectivity index (χ2n) is 5.75. The average molecular weight is 393 g/mol. The lowest BCUT2D eigenvalue weighted by atomic mass is 10.2. The maximum atomic E-state index is 12.6. The van der Waals surface area contributed by atoms with Crippen molar-refractivity contribution in [2.45, 2.75) is 4.90 Å². The summed E-state index contributed by atoms with van der Waals surface area (Å²) < 4.78 is 6.85. The molecule has 1 heterocycles. The Morgan fingerprint density at radius 1 is 1.00 bits per heavy atom. The molecule has 134 valence electrons. The van der Waals surface area contributed by atoms with Crippen LogP contribution in [0.1, 0.15) is 10.4 Å². The highest BCUT2D eigenvalue weighted by Crippen LogP contribution is 2.30. The number of nitrogens with zero attached hydrogens (tertiary/aromatic N) is 1. The van der Waals surface area contributed by atoms with Gasteiger partial charge < -0.3 is 4.74 Å². The van der Waals surface area contributed by atoms with Crippen LogP contribution >= 0.6 is 23.1 Å². The molecule has 27 heavy (non-hydrogen) atoms. The first kappa shape index (κ1) is 17.6. The Balaban J connectivity index is 1.52. The van der Waals surface area contributed by atoms with Gasteiger partial charge in [-0.05, 0) is 54.8 Å². The molecule has 4 nitrogen and oxygen atoms in total. The van der Waals surface area contributed by atoms with Crippen LogP contribution in [0.4, 0.5) is 5.13 Å². The number of benzene rings is 3. The summed E-state index contributed by atoms with van der Waals surface area (Å²) in [4.78, 5) is 18.3. The second kappa shape index (κ2) is 7.82. The van der Waals surface area contributed by atoms with Crippen LogP contribution in [0, 0.1) is 0 Å². The third-order valence-corrected chi connectivity index (χ3v) is 5.55. The number of hydrogen-bond acceptors (Lipinski definition) is 5. The van der Waals surface area contributed by atoms with Gasteiger partial charge in [-0.25, -0.2) is 4.98 Å². The summed E-state index contributed by atoms with van der Waals surface area (Å²) in [6.45, 7) is 0. The van der Waals surface area contributed by atoms with Crippen molar-refractivity contribution in [1.29, 1.82) is 0 Å². The average Bonchev–Trinajstić information content (AvgIpc) is 3.10. The number of ether oxygens (including phenoxy) is 1. The molecule has 0 atom stereocenters. The van der Waals surface area contributed by atoms with Crippen molar-refractivity contribution in [2.75, 3.05) is 11.6 Å². The standard InChI is InChI=1S/C21H16N2O2S2/c1-26-17-10-11-18-19(13-17)27-21(22-18)23-20(24)14-6-5-9-16(12-14)25-15-7-3-2-4-8-15/h2-13H,1H3,(H,22,23,24). The lowest BCUT2D eigenvalue weighted by Gasteiger charge is -2.07. The van der Waals surface area contributed by atoms with E-state index in [0.717, 1.165) is 16.0 Å². The Labute approximate surface area is 165 Å². The number of anilines is 1. The van der Waals surface area contributed by atoms with E-state index in [1.54, 1.807) is 30.0 Å². The lowest BCUT2D eigenvalue weighted by Crippen LogP contribution is -2.11. The minimum Gasteiger partial charge on any atom is -0.457 e. The second-order valence-corrected chi connectivity index (χ2v) is 7.66. The molecule has 0 bridgehead atoms. The van der Waals surface area contributed by atoms with Gasteiger partial charge in [0.1, 0.15) is 11.5 Å². The Hall–Kier alpha value is -2.83. The quantitative estimate of drug-likeness (QED) is 0.419. The summed E-state index contributed by atoms with van der Waals surface area (Å²) in [5.74, 6) is 1.13. The topological polar surface area (TPSA) is 51.2 Å². The number of para-hydroxylation sites is 1. The highest BCUT2D eigenvalue weighted by Gasteiger charge is 2.11. The van der Waals surface area contributed by atoms with E-state index in [4.69, 9.17) is 4.74 Å². The first-order chi connectivity index (χ1) is 13.2. The molecule has 0 spiro atoms.